The number of hydrogen-bond donors (Lipinski definition) is 2. The first-order chi connectivity index (χ1) is 9.37. The molecular formula is C13H17F2NO3S. The molecule has 1 fully saturated rings. The highest BCUT2D eigenvalue weighted by molar-refractivity contribution is 7.88. The van der Waals surface area contributed by atoms with Gasteiger partial charge in [0.25, 0.3) is 0 Å². The van der Waals surface area contributed by atoms with E-state index in [4.69, 9.17) is 0 Å². The highest BCUT2D eigenvalue weighted by atomic mass is 32.2. The molecule has 4 nitrogen and oxygen atoms in total. The van der Waals surface area contributed by atoms with Crippen molar-refractivity contribution in [2.24, 2.45) is 0 Å². The topological polar surface area (TPSA) is 66.4 Å². The van der Waals surface area contributed by atoms with Crippen LogP contribution in [0.25, 0.3) is 0 Å². The summed E-state index contributed by atoms with van der Waals surface area (Å²) in [5.41, 5.74) is -0.448. The third-order valence-electron chi connectivity index (χ3n) is 3.44. The van der Waals surface area contributed by atoms with Gasteiger partial charge in [-0.1, -0.05) is 6.07 Å². The number of nitrogens with one attached hydrogen (secondary N) is 1. The zero-order valence-corrected chi connectivity index (χ0v) is 11.7. The van der Waals surface area contributed by atoms with Gasteiger partial charge in [0.2, 0.25) is 10.0 Å². The molecule has 0 saturated heterocycles. The van der Waals surface area contributed by atoms with Crippen LogP contribution in [0, 0.1) is 11.6 Å². The average Bonchev–Trinajstić information content (AvgIpc) is 2.37. The minimum Gasteiger partial charge on any atom is -0.393 e. The smallest absolute Gasteiger partial charge is 0.216 e. The molecule has 1 aromatic rings. The molecule has 2 rings (SSSR count). The lowest BCUT2D eigenvalue weighted by Gasteiger charge is -2.26. The van der Waals surface area contributed by atoms with E-state index in [1.165, 1.54) is 6.07 Å². The van der Waals surface area contributed by atoms with Gasteiger partial charge in [-0.05, 0) is 37.8 Å². The van der Waals surface area contributed by atoms with Gasteiger partial charge in [0.05, 0.1) is 11.9 Å². The van der Waals surface area contributed by atoms with Gasteiger partial charge in [-0.25, -0.2) is 21.9 Å². The second-order valence-corrected chi connectivity index (χ2v) is 6.84. The number of hydrogen-bond acceptors (Lipinski definition) is 3. The molecule has 112 valence electrons. The van der Waals surface area contributed by atoms with Crippen molar-refractivity contribution in [2.75, 3.05) is 0 Å². The van der Waals surface area contributed by atoms with Crippen molar-refractivity contribution in [1.82, 2.24) is 4.72 Å². The van der Waals surface area contributed by atoms with Gasteiger partial charge in [-0.2, -0.15) is 0 Å². The molecule has 0 radical (unpaired) electrons. The van der Waals surface area contributed by atoms with Crippen LogP contribution in [0.3, 0.4) is 0 Å². The van der Waals surface area contributed by atoms with Crippen molar-refractivity contribution >= 4 is 10.0 Å². The zero-order chi connectivity index (χ0) is 14.8. The van der Waals surface area contributed by atoms with E-state index in [1.807, 2.05) is 0 Å². The second-order valence-electron chi connectivity index (χ2n) is 5.08. The number of rotatable bonds is 4. The quantitative estimate of drug-likeness (QED) is 0.889. The minimum absolute atomic E-state index is 0.279. The Hall–Kier alpha value is -1.05. The lowest BCUT2D eigenvalue weighted by molar-refractivity contribution is 0.120. The van der Waals surface area contributed by atoms with Gasteiger partial charge in [-0.15, -0.1) is 0 Å². The molecule has 0 amide bonds. The van der Waals surface area contributed by atoms with E-state index in [0.717, 1.165) is 12.1 Å². The van der Waals surface area contributed by atoms with E-state index in [9.17, 15) is 22.3 Å². The fourth-order valence-electron chi connectivity index (χ4n) is 2.35. The Morgan fingerprint density at radius 1 is 1.15 bits per heavy atom. The Balaban J connectivity index is 2.04. The van der Waals surface area contributed by atoms with E-state index in [2.05, 4.69) is 4.72 Å². The van der Waals surface area contributed by atoms with Crippen molar-refractivity contribution in [3.63, 3.8) is 0 Å². The first-order valence-electron chi connectivity index (χ1n) is 6.48. The molecule has 1 aliphatic carbocycles. The molecule has 7 heteroatoms. The molecule has 0 heterocycles. The Morgan fingerprint density at radius 2 is 1.70 bits per heavy atom. The van der Waals surface area contributed by atoms with Gasteiger partial charge >= 0.3 is 0 Å². The summed E-state index contributed by atoms with van der Waals surface area (Å²) in [5, 5.41) is 9.36. The lowest BCUT2D eigenvalue weighted by Crippen LogP contribution is -2.39. The first kappa shape index (κ1) is 15.3. The van der Waals surface area contributed by atoms with Crippen molar-refractivity contribution in [3.05, 3.63) is 35.4 Å². The molecule has 0 spiro atoms. The molecule has 1 aliphatic rings. The third kappa shape index (κ3) is 3.97. The summed E-state index contributed by atoms with van der Waals surface area (Å²) >= 11 is 0. The summed E-state index contributed by atoms with van der Waals surface area (Å²) in [6.45, 7) is 0. The Morgan fingerprint density at radius 3 is 2.25 bits per heavy atom. The minimum atomic E-state index is -3.81. The van der Waals surface area contributed by atoms with Crippen LogP contribution in [0.2, 0.25) is 0 Å². The molecule has 0 atom stereocenters. The predicted octanol–water partition coefficient (Wildman–Crippen LogP) is 1.69. The molecule has 1 aromatic carbocycles. The molecule has 0 aromatic heterocycles. The molecular weight excluding hydrogens is 288 g/mol. The highest BCUT2D eigenvalue weighted by Gasteiger charge is 2.25. The average molecular weight is 305 g/mol. The number of benzene rings is 1. The van der Waals surface area contributed by atoms with E-state index in [1.54, 1.807) is 0 Å². The van der Waals surface area contributed by atoms with Crippen LogP contribution in [-0.2, 0) is 15.8 Å². The van der Waals surface area contributed by atoms with E-state index < -0.39 is 33.0 Å². The highest BCUT2D eigenvalue weighted by Crippen LogP contribution is 2.20. The maximum Gasteiger partial charge on any atom is 0.216 e. The summed E-state index contributed by atoms with van der Waals surface area (Å²) in [6, 6.07) is 2.98. The summed E-state index contributed by atoms with van der Waals surface area (Å²) in [6.07, 6.45) is 1.72. The number of aliphatic hydroxyl groups is 1. The molecule has 0 unspecified atom stereocenters. The molecule has 2 N–H and O–H groups in total. The summed E-state index contributed by atoms with van der Waals surface area (Å²) < 4.78 is 53.2. The van der Waals surface area contributed by atoms with Crippen LogP contribution in [0.15, 0.2) is 18.2 Å². The van der Waals surface area contributed by atoms with Crippen LogP contribution in [-0.4, -0.2) is 25.7 Å². The standard InChI is InChI=1S/C13H17F2NO3S/c14-12-2-1-3-13(15)11(12)8-20(18,19)16-9-4-6-10(17)7-5-9/h1-3,9-10,16-17H,4-8H2. The Kier molecular flexibility index (Phi) is 4.72. The van der Waals surface area contributed by atoms with Gasteiger partial charge in [0.15, 0.2) is 0 Å². The lowest BCUT2D eigenvalue weighted by atomic mass is 9.94. The van der Waals surface area contributed by atoms with Crippen molar-refractivity contribution in [2.45, 2.75) is 43.6 Å². The van der Waals surface area contributed by atoms with Gasteiger partial charge < -0.3 is 5.11 Å². The summed E-state index contributed by atoms with van der Waals surface area (Å²) in [7, 11) is -3.81. The van der Waals surface area contributed by atoms with Crippen LogP contribution >= 0.6 is 0 Å². The number of halogens is 2. The number of aliphatic hydroxyl groups excluding tert-OH is 1. The van der Waals surface area contributed by atoms with E-state index >= 15 is 0 Å². The molecule has 0 bridgehead atoms. The molecule has 20 heavy (non-hydrogen) atoms. The Bertz CT molecular complexity index is 549. The maximum absolute atomic E-state index is 13.4. The van der Waals surface area contributed by atoms with Crippen molar-refractivity contribution in [1.29, 1.82) is 0 Å². The largest absolute Gasteiger partial charge is 0.393 e. The van der Waals surface area contributed by atoms with Crippen LogP contribution in [0.4, 0.5) is 8.78 Å². The van der Waals surface area contributed by atoms with E-state index in [0.29, 0.717) is 25.7 Å². The van der Waals surface area contributed by atoms with Crippen molar-refractivity contribution in [3.8, 4) is 0 Å². The predicted molar refractivity (Wildman–Crippen MR) is 70.4 cm³/mol. The SMILES string of the molecule is O=S(=O)(Cc1c(F)cccc1F)NC1CCC(O)CC1. The fraction of sp³-hybridized carbons (Fsp3) is 0.538. The third-order valence-corrected chi connectivity index (χ3v) is 4.80. The second kappa shape index (κ2) is 6.15. The monoisotopic (exact) mass is 305 g/mol. The van der Waals surface area contributed by atoms with Gasteiger partial charge in [-0.3, -0.25) is 0 Å². The molecule has 0 aliphatic heterocycles. The van der Waals surface area contributed by atoms with Crippen LogP contribution in [0.5, 0.6) is 0 Å². The molecule has 1 saturated carbocycles. The van der Waals surface area contributed by atoms with Crippen molar-refractivity contribution < 1.29 is 22.3 Å². The fourth-order valence-corrected chi connectivity index (χ4v) is 3.83. The van der Waals surface area contributed by atoms with Crippen LogP contribution < -0.4 is 4.72 Å². The number of sulfonamides is 1. The normalized spacial score (nSPS) is 23.8. The van der Waals surface area contributed by atoms with Gasteiger partial charge in [0, 0.05) is 11.6 Å². The summed E-state index contributed by atoms with van der Waals surface area (Å²) in [4.78, 5) is 0. The maximum atomic E-state index is 13.4. The van der Waals surface area contributed by atoms with E-state index in [-0.39, 0.29) is 12.1 Å². The first-order valence-corrected chi connectivity index (χ1v) is 8.13. The zero-order valence-electron chi connectivity index (χ0n) is 10.9. The Labute approximate surface area is 116 Å². The van der Waals surface area contributed by atoms with Gasteiger partial charge in [0.1, 0.15) is 11.6 Å². The van der Waals surface area contributed by atoms with Crippen LogP contribution in [0.1, 0.15) is 31.2 Å². The summed E-state index contributed by atoms with van der Waals surface area (Å²) in [5.74, 6) is -2.45.